The SMILES string of the molecule is N#C/C(=C/c1ccc(OC(=O)/C=C/c2ccc(Cl)cc2)cc1)c1cccc(Cl)c1. The zero-order valence-electron chi connectivity index (χ0n) is 15.2. The molecule has 29 heavy (non-hydrogen) atoms. The summed E-state index contributed by atoms with van der Waals surface area (Å²) in [6, 6.07) is 23.3. The van der Waals surface area contributed by atoms with Gasteiger partial charge in [-0.25, -0.2) is 4.79 Å². The number of hydrogen-bond donors (Lipinski definition) is 0. The Kier molecular flexibility index (Phi) is 6.86. The molecular formula is C24H15Cl2NO2. The molecule has 0 aliphatic carbocycles. The predicted octanol–water partition coefficient (Wildman–Crippen LogP) is 6.68. The van der Waals surface area contributed by atoms with Gasteiger partial charge in [-0.05, 0) is 65.2 Å². The van der Waals surface area contributed by atoms with Crippen molar-refractivity contribution < 1.29 is 9.53 Å². The summed E-state index contributed by atoms with van der Waals surface area (Å²) in [4.78, 5) is 12.0. The Hall–Kier alpha value is -3.32. The van der Waals surface area contributed by atoms with Crippen LogP contribution in [0.15, 0.2) is 78.9 Å². The van der Waals surface area contributed by atoms with Gasteiger partial charge in [0.15, 0.2) is 0 Å². The van der Waals surface area contributed by atoms with Gasteiger partial charge in [-0.15, -0.1) is 0 Å². The van der Waals surface area contributed by atoms with Crippen molar-refractivity contribution in [2.75, 3.05) is 0 Å². The number of benzene rings is 3. The number of esters is 1. The van der Waals surface area contributed by atoms with Gasteiger partial charge in [-0.1, -0.05) is 59.6 Å². The summed E-state index contributed by atoms with van der Waals surface area (Å²) in [5.74, 6) is -0.0750. The molecule has 0 fully saturated rings. The van der Waals surface area contributed by atoms with Gasteiger partial charge in [-0.3, -0.25) is 0 Å². The molecule has 0 unspecified atom stereocenters. The maximum absolute atomic E-state index is 12.0. The van der Waals surface area contributed by atoms with E-state index in [1.807, 2.05) is 6.07 Å². The third-order valence-corrected chi connectivity index (χ3v) is 4.43. The van der Waals surface area contributed by atoms with Crippen LogP contribution in [0.25, 0.3) is 17.7 Å². The van der Waals surface area contributed by atoms with Crippen LogP contribution in [-0.2, 0) is 4.79 Å². The van der Waals surface area contributed by atoms with Crippen LogP contribution in [0.1, 0.15) is 16.7 Å². The molecule has 0 aliphatic rings. The summed E-state index contributed by atoms with van der Waals surface area (Å²) in [5.41, 5.74) is 2.88. The number of nitrogens with zero attached hydrogens (tertiary/aromatic N) is 1. The van der Waals surface area contributed by atoms with Crippen molar-refractivity contribution in [3.63, 3.8) is 0 Å². The molecule has 0 atom stereocenters. The van der Waals surface area contributed by atoms with Crippen LogP contribution >= 0.6 is 23.2 Å². The van der Waals surface area contributed by atoms with E-state index in [1.54, 1.807) is 78.9 Å². The lowest BCUT2D eigenvalue weighted by Crippen LogP contribution is -2.03. The van der Waals surface area contributed by atoms with E-state index in [-0.39, 0.29) is 0 Å². The van der Waals surface area contributed by atoms with Crippen LogP contribution in [0.2, 0.25) is 10.0 Å². The minimum Gasteiger partial charge on any atom is -0.423 e. The first-order chi connectivity index (χ1) is 14.0. The number of halogens is 2. The first-order valence-electron chi connectivity index (χ1n) is 8.67. The third-order valence-electron chi connectivity index (χ3n) is 3.95. The molecule has 0 aromatic heterocycles. The second-order valence-electron chi connectivity index (χ2n) is 6.06. The molecule has 0 heterocycles. The zero-order valence-corrected chi connectivity index (χ0v) is 16.7. The van der Waals surface area contributed by atoms with Crippen LogP contribution in [0.5, 0.6) is 5.75 Å². The first kappa shape index (κ1) is 20.4. The molecule has 0 bridgehead atoms. The molecule has 0 saturated heterocycles. The minimum absolute atomic E-state index is 0.411. The van der Waals surface area contributed by atoms with E-state index >= 15 is 0 Å². The lowest BCUT2D eigenvalue weighted by atomic mass is 10.0. The highest BCUT2D eigenvalue weighted by atomic mass is 35.5. The van der Waals surface area contributed by atoms with E-state index in [0.29, 0.717) is 21.4 Å². The third kappa shape index (κ3) is 6.08. The summed E-state index contributed by atoms with van der Waals surface area (Å²) in [6.07, 6.45) is 4.75. The van der Waals surface area contributed by atoms with Gasteiger partial charge >= 0.3 is 5.97 Å². The van der Waals surface area contributed by atoms with Crippen molar-refractivity contribution in [2.45, 2.75) is 0 Å². The Balaban J connectivity index is 1.67. The normalized spacial score (nSPS) is 11.3. The summed E-state index contributed by atoms with van der Waals surface area (Å²) < 4.78 is 5.29. The summed E-state index contributed by atoms with van der Waals surface area (Å²) in [5, 5.41) is 10.6. The van der Waals surface area contributed by atoms with Crippen molar-refractivity contribution in [2.24, 2.45) is 0 Å². The monoisotopic (exact) mass is 419 g/mol. The number of rotatable bonds is 5. The summed E-state index contributed by atoms with van der Waals surface area (Å²) in [7, 11) is 0. The van der Waals surface area contributed by atoms with Crippen LogP contribution < -0.4 is 4.74 Å². The maximum Gasteiger partial charge on any atom is 0.336 e. The molecule has 3 aromatic rings. The van der Waals surface area contributed by atoms with E-state index < -0.39 is 5.97 Å². The Morgan fingerprint density at radius 3 is 2.24 bits per heavy atom. The quantitative estimate of drug-likeness (QED) is 0.152. The lowest BCUT2D eigenvalue weighted by molar-refractivity contribution is -0.128. The highest BCUT2D eigenvalue weighted by molar-refractivity contribution is 6.31. The van der Waals surface area contributed by atoms with Crippen molar-refractivity contribution in [3.8, 4) is 11.8 Å². The van der Waals surface area contributed by atoms with Gasteiger partial charge in [0, 0.05) is 16.1 Å². The summed E-state index contributed by atoms with van der Waals surface area (Å²) in [6.45, 7) is 0. The average molecular weight is 420 g/mol. The Morgan fingerprint density at radius 2 is 1.59 bits per heavy atom. The highest BCUT2D eigenvalue weighted by Crippen LogP contribution is 2.22. The van der Waals surface area contributed by atoms with E-state index in [4.69, 9.17) is 27.9 Å². The van der Waals surface area contributed by atoms with Crippen LogP contribution in [-0.4, -0.2) is 5.97 Å². The van der Waals surface area contributed by atoms with Gasteiger partial charge < -0.3 is 4.74 Å². The molecule has 0 N–H and O–H groups in total. The number of nitriles is 1. The minimum atomic E-state index is -0.486. The van der Waals surface area contributed by atoms with Crippen LogP contribution in [0, 0.1) is 11.3 Å². The molecule has 3 nitrogen and oxygen atoms in total. The Bertz CT molecular complexity index is 1110. The second kappa shape index (κ2) is 9.75. The molecule has 0 aliphatic heterocycles. The second-order valence-corrected chi connectivity index (χ2v) is 6.93. The van der Waals surface area contributed by atoms with Crippen molar-refractivity contribution in [1.29, 1.82) is 5.26 Å². The highest BCUT2D eigenvalue weighted by Gasteiger charge is 2.04. The maximum atomic E-state index is 12.0. The van der Waals surface area contributed by atoms with Gasteiger partial charge in [0.1, 0.15) is 5.75 Å². The Morgan fingerprint density at radius 1 is 0.897 bits per heavy atom. The molecule has 0 spiro atoms. The van der Waals surface area contributed by atoms with Gasteiger partial charge in [0.25, 0.3) is 0 Å². The number of allylic oxidation sites excluding steroid dienone is 1. The molecule has 3 rings (SSSR count). The van der Waals surface area contributed by atoms with Crippen molar-refractivity contribution in [1.82, 2.24) is 0 Å². The molecule has 0 amide bonds. The van der Waals surface area contributed by atoms with Gasteiger partial charge in [0.05, 0.1) is 11.6 Å². The first-order valence-corrected chi connectivity index (χ1v) is 9.42. The standard InChI is InChI=1S/C24H15Cl2NO2/c25-21-9-4-17(5-10-21)8-13-24(28)29-23-11-6-18(7-12-23)14-20(16-27)19-2-1-3-22(26)15-19/h1-15H/b13-8+,20-14-. The van der Waals surface area contributed by atoms with Crippen molar-refractivity contribution >= 4 is 46.9 Å². The number of carbonyl (C=O) groups excluding carboxylic acids is 1. The number of carbonyl (C=O) groups is 1. The van der Waals surface area contributed by atoms with Crippen LogP contribution in [0.4, 0.5) is 0 Å². The molecular weight excluding hydrogens is 405 g/mol. The van der Waals surface area contributed by atoms with E-state index in [2.05, 4.69) is 6.07 Å². The molecule has 0 saturated carbocycles. The Labute approximate surface area is 179 Å². The molecule has 0 radical (unpaired) electrons. The van der Waals surface area contributed by atoms with E-state index in [0.717, 1.165) is 16.7 Å². The van der Waals surface area contributed by atoms with E-state index in [9.17, 15) is 10.1 Å². The lowest BCUT2D eigenvalue weighted by Gasteiger charge is -2.03. The molecule has 5 heteroatoms. The molecule has 142 valence electrons. The fraction of sp³-hybridized carbons (Fsp3) is 0. The fourth-order valence-electron chi connectivity index (χ4n) is 2.52. The van der Waals surface area contributed by atoms with Crippen molar-refractivity contribution in [3.05, 3.63) is 106 Å². The molecule has 3 aromatic carbocycles. The number of ether oxygens (including phenoxy) is 1. The van der Waals surface area contributed by atoms with E-state index in [1.165, 1.54) is 6.08 Å². The topological polar surface area (TPSA) is 50.1 Å². The average Bonchev–Trinajstić information content (AvgIpc) is 2.73. The summed E-state index contributed by atoms with van der Waals surface area (Å²) >= 11 is 11.8. The predicted molar refractivity (Wildman–Crippen MR) is 117 cm³/mol. The fourth-order valence-corrected chi connectivity index (χ4v) is 2.84. The number of hydrogen-bond acceptors (Lipinski definition) is 3. The smallest absolute Gasteiger partial charge is 0.336 e. The van der Waals surface area contributed by atoms with Gasteiger partial charge in [0.2, 0.25) is 0 Å². The van der Waals surface area contributed by atoms with Crippen LogP contribution in [0.3, 0.4) is 0 Å². The zero-order chi connectivity index (χ0) is 20.6. The van der Waals surface area contributed by atoms with Gasteiger partial charge in [-0.2, -0.15) is 5.26 Å². The largest absolute Gasteiger partial charge is 0.423 e.